The van der Waals surface area contributed by atoms with E-state index in [1.807, 2.05) is 12.1 Å². The van der Waals surface area contributed by atoms with Crippen LogP contribution in [0.4, 0.5) is 11.5 Å². The van der Waals surface area contributed by atoms with E-state index in [0.717, 1.165) is 25.3 Å². The van der Waals surface area contributed by atoms with Crippen LogP contribution in [0.25, 0.3) is 0 Å². The number of nitrogens with zero attached hydrogens (tertiary/aromatic N) is 4. The largest absolute Gasteiger partial charge is 0.461 e. The number of halogens is 1. The molecular weight excluding hydrogens is 342 g/mol. The molecule has 1 heterocycles. The van der Waals surface area contributed by atoms with Crippen molar-refractivity contribution in [1.82, 2.24) is 19.9 Å². The van der Waals surface area contributed by atoms with Crippen LogP contribution in [0.3, 0.4) is 0 Å². The van der Waals surface area contributed by atoms with Gasteiger partial charge in [-0.05, 0) is 44.3 Å². The molecule has 1 aromatic carbocycles. The monoisotopic (exact) mass is 365 g/mol. The minimum Gasteiger partial charge on any atom is -0.461 e. The minimum absolute atomic E-state index is 0.177. The maximum atomic E-state index is 12.2. The van der Waals surface area contributed by atoms with Gasteiger partial charge in [0.2, 0.25) is 5.69 Å². The van der Waals surface area contributed by atoms with E-state index in [4.69, 9.17) is 16.3 Å². The van der Waals surface area contributed by atoms with Gasteiger partial charge in [0.15, 0.2) is 5.82 Å². The Balaban J connectivity index is 2.19. The predicted octanol–water partition coefficient (Wildman–Crippen LogP) is 3.19. The third-order valence-electron chi connectivity index (χ3n) is 3.74. The molecule has 0 amide bonds. The van der Waals surface area contributed by atoms with Crippen molar-refractivity contribution in [2.45, 2.75) is 27.3 Å². The van der Waals surface area contributed by atoms with Crippen molar-refractivity contribution in [1.29, 1.82) is 0 Å². The molecule has 0 atom stereocenters. The first-order chi connectivity index (χ1) is 12.1. The fourth-order valence-electron chi connectivity index (χ4n) is 2.31. The summed E-state index contributed by atoms with van der Waals surface area (Å²) >= 11 is 5.90. The zero-order chi connectivity index (χ0) is 18.2. The Bertz CT molecular complexity index is 683. The van der Waals surface area contributed by atoms with Gasteiger partial charge in [0.1, 0.15) is 0 Å². The molecule has 0 bridgehead atoms. The standard InChI is InChI=1S/C17H24ClN5O2/c1-4-22(5-2)11-12-23-20-15(17(24)25-6-3)16(21-23)19-14-9-7-13(18)8-10-14/h7-10H,4-6,11-12H2,1-3H3,(H,19,21). The Hall–Kier alpha value is -2.12. The summed E-state index contributed by atoms with van der Waals surface area (Å²) in [4.78, 5) is 16.0. The Morgan fingerprint density at radius 3 is 2.48 bits per heavy atom. The highest BCUT2D eigenvalue weighted by atomic mass is 35.5. The number of nitrogens with one attached hydrogen (secondary N) is 1. The number of benzene rings is 1. The summed E-state index contributed by atoms with van der Waals surface area (Å²) in [5.74, 6) is -0.117. The van der Waals surface area contributed by atoms with E-state index in [-0.39, 0.29) is 12.3 Å². The highest BCUT2D eigenvalue weighted by Gasteiger charge is 2.20. The van der Waals surface area contributed by atoms with Gasteiger partial charge >= 0.3 is 5.97 Å². The molecule has 0 aliphatic carbocycles. The van der Waals surface area contributed by atoms with Gasteiger partial charge < -0.3 is 15.0 Å². The molecule has 25 heavy (non-hydrogen) atoms. The normalized spacial score (nSPS) is 10.9. The molecule has 0 aliphatic heterocycles. The van der Waals surface area contributed by atoms with E-state index in [0.29, 0.717) is 17.4 Å². The number of anilines is 2. The number of hydrogen-bond donors (Lipinski definition) is 1. The number of carbonyl (C=O) groups is 1. The second-order valence-electron chi connectivity index (χ2n) is 5.37. The lowest BCUT2D eigenvalue weighted by Crippen LogP contribution is -2.27. The first-order valence-electron chi connectivity index (χ1n) is 8.44. The number of aromatic nitrogens is 3. The molecule has 0 saturated heterocycles. The van der Waals surface area contributed by atoms with Crippen molar-refractivity contribution in [2.24, 2.45) is 0 Å². The number of likely N-dealkylation sites (N-methyl/N-ethyl adjacent to an activating group) is 1. The van der Waals surface area contributed by atoms with Gasteiger partial charge in [-0.15, -0.1) is 10.2 Å². The summed E-state index contributed by atoms with van der Waals surface area (Å²) in [5, 5.41) is 12.5. The number of hydrogen-bond acceptors (Lipinski definition) is 6. The lowest BCUT2D eigenvalue weighted by molar-refractivity contribution is 0.0519. The summed E-state index contributed by atoms with van der Waals surface area (Å²) in [6.07, 6.45) is 0. The quantitative estimate of drug-likeness (QED) is 0.688. The van der Waals surface area contributed by atoms with Gasteiger partial charge in [-0.1, -0.05) is 25.4 Å². The Labute approximate surface area is 152 Å². The van der Waals surface area contributed by atoms with E-state index in [1.165, 1.54) is 4.80 Å². The molecule has 8 heteroatoms. The van der Waals surface area contributed by atoms with Gasteiger partial charge in [0.05, 0.1) is 13.2 Å². The van der Waals surface area contributed by atoms with E-state index in [1.54, 1.807) is 19.1 Å². The van der Waals surface area contributed by atoms with E-state index >= 15 is 0 Å². The van der Waals surface area contributed by atoms with Crippen LogP contribution in [0.5, 0.6) is 0 Å². The predicted molar refractivity (Wildman–Crippen MR) is 98.5 cm³/mol. The number of esters is 1. The molecule has 0 radical (unpaired) electrons. The molecular formula is C17H24ClN5O2. The molecule has 136 valence electrons. The fourth-order valence-corrected chi connectivity index (χ4v) is 2.44. The first-order valence-corrected chi connectivity index (χ1v) is 8.82. The summed E-state index contributed by atoms with van der Waals surface area (Å²) in [7, 11) is 0. The van der Waals surface area contributed by atoms with Crippen LogP contribution in [-0.2, 0) is 11.3 Å². The summed E-state index contributed by atoms with van der Waals surface area (Å²) in [5.41, 5.74) is 0.946. The summed E-state index contributed by atoms with van der Waals surface area (Å²) in [6, 6.07) is 7.15. The molecule has 0 aliphatic rings. The summed E-state index contributed by atoms with van der Waals surface area (Å²) in [6.45, 7) is 9.58. The van der Waals surface area contributed by atoms with Crippen LogP contribution in [0, 0.1) is 0 Å². The maximum absolute atomic E-state index is 12.2. The van der Waals surface area contributed by atoms with Crippen molar-refractivity contribution in [3.05, 3.63) is 35.0 Å². The van der Waals surface area contributed by atoms with Gasteiger partial charge in [-0.25, -0.2) is 4.79 Å². The van der Waals surface area contributed by atoms with Crippen LogP contribution < -0.4 is 5.32 Å². The Kier molecular flexibility index (Phi) is 7.21. The molecule has 1 aromatic heterocycles. The van der Waals surface area contributed by atoms with Crippen molar-refractivity contribution in [3.63, 3.8) is 0 Å². The topological polar surface area (TPSA) is 72.3 Å². The smallest absolute Gasteiger partial charge is 0.362 e. The molecule has 2 aromatic rings. The van der Waals surface area contributed by atoms with Crippen LogP contribution in [0.2, 0.25) is 5.02 Å². The van der Waals surface area contributed by atoms with Crippen LogP contribution >= 0.6 is 11.6 Å². The van der Waals surface area contributed by atoms with E-state index < -0.39 is 5.97 Å². The van der Waals surface area contributed by atoms with Gasteiger partial charge in [-0.3, -0.25) is 0 Å². The Morgan fingerprint density at radius 1 is 1.20 bits per heavy atom. The van der Waals surface area contributed by atoms with Crippen molar-refractivity contribution in [2.75, 3.05) is 31.6 Å². The average Bonchev–Trinajstić information content (AvgIpc) is 3.01. The van der Waals surface area contributed by atoms with Gasteiger partial charge in [0, 0.05) is 17.3 Å². The molecule has 7 nitrogen and oxygen atoms in total. The van der Waals surface area contributed by atoms with Crippen LogP contribution in [0.15, 0.2) is 24.3 Å². The van der Waals surface area contributed by atoms with Gasteiger partial charge in [0.25, 0.3) is 0 Å². The third-order valence-corrected chi connectivity index (χ3v) is 3.99. The van der Waals surface area contributed by atoms with Gasteiger partial charge in [-0.2, -0.15) is 4.80 Å². The number of carbonyl (C=O) groups excluding carboxylic acids is 1. The summed E-state index contributed by atoms with van der Waals surface area (Å²) < 4.78 is 5.08. The molecule has 0 unspecified atom stereocenters. The van der Waals surface area contributed by atoms with Crippen molar-refractivity contribution >= 4 is 29.1 Å². The van der Waals surface area contributed by atoms with E-state index in [2.05, 4.69) is 34.3 Å². The molecule has 1 N–H and O–H groups in total. The number of rotatable bonds is 9. The second kappa shape index (κ2) is 9.39. The third kappa shape index (κ3) is 5.44. The first kappa shape index (κ1) is 19.2. The van der Waals surface area contributed by atoms with Crippen molar-refractivity contribution < 1.29 is 9.53 Å². The zero-order valence-corrected chi connectivity index (χ0v) is 15.6. The highest BCUT2D eigenvalue weighted by molar-refractivity contribution is 6.30. The molecule has 0 spiro atoms. The molecule has 0 fully saturated rings. The molecule has 0 saturated carbocycles. The zero-order valence-electron chi connectivity index (χ0n) is 14.8. The fraction of sp³-hybridized carbons (Fsp3) is 0.471. The lowest BCUT2D eigenvalue weighted by atomic mass is 10.3. The average molecular weight is 366 g/mol. The Morgan fingerprint density at radius 2 is 1.88 bits per heavy atom. The van der Waals surface area contributed by atoms with Crippen LogP contribution in [0.1, 0.15) is 31.3 Å². The highest BCUT2D eigenvalue weighted by Crippen LogP contribution is 2.20. The number of ether oxygens (including phenoxy) is 1. The second-order valence-corrected chi connectivity index (χ2v) is 5.81. The van der Waals surface area contributed by atoms with E-state index in [9.17, 15) is 4.79 Å². The van der Waals surface area contributed by atoms with Crippen molar-refractivity contribution in [3.8, 4) is 0 Å². The lowest BCUT2D eigenvalue weighted by Gasteiger charge is -2.16. The SMILES string of the molecule is CCOC(=O)c1nn(CCN(CC)CC)nc1Nc1ccc(Cl)cc1. The maximum Gasteiger partial charge on any atom is 0.362 e. The molecule has 2 rings (SSSR count). The van der Waals surface area contributed by atoms with Crippen LogP contribution in [-0.4, -0.2) is 52.1 Å². The minimum atomic E-state index is -0.493.